The van der Waals surface area contributed by atoms with E-state index in [1.165, 1.54) is 11.3 Å². The molecule has 0 aromatic carbocycles. The van der Waals surface area contributed by atoms with Crippen molar-refractivity contribution < 1.29 is 4.79 Å². The van der Waals surface area contributed by atoms with Gasteiger partial charge in [0.05, 0.1) is 4.88 Å². The van der Waals surface area contributed by atoms with E-state index in [-0.39, 0.29) is 5.78 Å². The Morgan fingerprint density at radius 2 is 2.36 bits per heavy atom. The minimum Gasteiger partial charge on any atom is -0.331 e. The van der Waals surface area contributed by atoms with Crippen LogP contribution in [0.1, 0.15) is 21.1 Å². The fourth-order valence-electron chi connectivity index (χ4n) is 1.29. The van der Waals surface area contributed by atoms with Crippen LogP contribution in [0.4, 0.5) is 0 Å². The summed E-state index contributed by atoms with van der Waals surface area (Å²) in [4.78, 5) is 16.7. The molecular formula is C10H10N2OS. The fraction of sp³-hybridized carbons (Fsp3) is 0.200. The van der Waals surface area contributed by atoms with Crippen LogP contribution in [0, 0.1) is 6.92 Å². The number of carbonyl (C=O) groups is 1. The molecule has 2 rings (SSSR count). The molecule has 0 spiro atoms. The second-order valence-corrected chi connectivity index (χ2v) is 4.04. The summed E-state index contributed by atoms with van der Waals surface area (Å²) >= 11 is 1.46. The number of hydrogen-bond donors (Lipinski definition) is 0. The van der Waals surface area contributed by atoms with Crippen LogP contribution >= 0.6 is 11.3 Å². The van der Waals surface area contributed by atoms with Gasteiger partial charge in [-0.2, -0.15) is 0 Å². The highest BCUT2D eigenvalue weighted by Crippen LogP contribution is 2.18. The first-order valence-electron chi connectivity index (χ1n) is 4.26. The molecule has 0 aliphatic rings. The molecule has 0 saturated carbocycles. The van der Waals surface area contributed by atoms with Gasteiger partial charge < -0.3 is 4.57 Å². The SMILES string of the molecule is Cc1ccsc1C(=O)c1nccn1C. The normalized spacial score (nSPS) is 10.4. The van der Waals surface area contributed by atoms with Crippen molar-refractivity contribution in [2.24, 2.45) is 7.05 Å². The van der Waals surface area contributed by atoms with E-state index < -0.39 is 0 Å². The van der Waals surface area contributed by atoms with E-state index in [1.54, 1.807) is 17.0 Å². The Hall–Kier alpha value is -1.42. The lowest BCUT2D eigenvalue weighted by molar-refractivity contribution is 0.103. The molecule has 0 saturated heterocycles. The molecule has 0 radical (unpaired) electrons. The summed E-state index contributed by atoms with van der Waals surface area (Å²) in [5, 5.41) is 1.92. The minimum absolute atomic E-state index is 0.00463. The molecule has 3 nitrogen and oxygen atoms in total. The number of nitrogens with zero attached hydrogens (tertiary/aromatic N) is 2. The molecule has 0 atom stereocenters. The van der Waals surface area contributed by atoms with Gasteiger partial charge in [-0.05, 0) is 23.9 Å². The van der Waals surface area contributed by atoms with E-state index in [0.29, 0.717) is 5.82 Å². The van der Waals surface area contributed by atoms with Gasteiger partial charge in [0, 0.05) is 19.4 Å². The molecule has 0 aliphatic heterocycles. The van der Waals surface area contributed by atoms with Crippen LogP contribution in [-0.4, -0.2) is 15.3 Å². The largest absolute Gasteiger partial charge is 0.331 e. The summed E-state index contributed by atoms with van der Waals surface area (Å²) in [6.45, 7) is 1.94. The van der Waals surface area contributed by atoms with Crippen molar-refractivity contribution in [1.29, 1.82) is 0 Å². The van der Waals surface area contributed by atoms with Crippen LogP contribution in [0.25, 0.3) is 0 Å². The molecule has 0 fully saturated rings. The summed E-state index contributed by atoms with van der Waals surface area (Å²) in [7, 11) is 1.82. The first kappa shape index (κ1) is 9.15. The smallest absolute Gasteiger partial charge is 0.238 e. The quantitative estimate of drug-likeness (QED) is 0.705. The zero-order valence-corrected chi connectivity index (χ0v) is 8.84. The van der Waals surface area contributed by atoms with Crippen molar-refractivity contribution in [1.82, 2.24) is 9.55 Å². The van der Waals surface area contributed by atoms with Crippen molar-refractivity contribution in [3.05, 3.63) is 40.1 Å². The molecule has 0 bridgehead atoms. The van der Waals surface area contributed by atoms with E-state index in [4.69, 9.17) is 0 Å². The lowest BCUT2D eigenvalue weighted by atomic mass is 10.2. The van der Waals surface area contributed by atoms with Crippen LogP contribution in [-0.2, 0) is 7.05 Å². The number of ketones is 1. The first-order valence-corrected chi connectivity index (χ1v) is 5.14. The Kier molecular flexibility index (Phi) is 2.21. The number of rotatable bonds is 2. The standard InChI is InChI=1S/C10H10N2OS/c1-7-3-6-14-9(7)8(13)10-11-4-5-12(10)2/h3-6H,1-2H3. The van der Waals surface area contributed by atoms with E-state index in [0.717, 1.165) is 10.4 Å². The maximum atomic E-state index is 11.9. The van der Waals surface area contributed by atoms with Crippen molar-refractivity contribution in [3.63, 3.8) is 0 Å². The molecule has 0 amide bonds. The van der Waals surface area contributed by atoms with Crippen LogP contribution in [0.15, 0.2) is 23.8 Å². The number of aryl methyl sites for hydroxylation is 2. The Morgan fingerprint density at radius 3 is 2.86 bits per heavy atom. The first-order chi connectivity index (χ1) is 6.70. The average molecular weight is 206 g/mol. The van der Waals surface area contributed by atoms with Crippen molar-refractivity contribution in [2.75, 3.05) is 0 Å². The second-order valence-electron chi connectivity index (χ2n) is 3.12. The van der Waals surface area contributed by atoms with Crippen molar-refractivity contribution >= 4 is 17.1 Å². The fourth-order valence-corrected chi connectivity index (χ4v) is 2.15. The zero-order valence-electron chi connectivity index (χ0n) is 8.02. The lowest BCUT2D eigenvalue weighted by Crippen LogP contribution is -2.07. The van der Waals surface area contributed by atoms with E-state index >= 15 is 0 Å². The minimum atomic E-state index is 0.00463. The zero-order chi connectivity index (χ0) is 10.1. The maximum Gasteiger partial charge on any atom is 0.238 e. The van der Waals surface area contributed by atoms with E-state index in [2.05, 4.69) is 4.98 Å². The van der Waals surface area contributed by atoms with Gasteiger partial charge in [0.25, 0.3) is 0 Å². The monoisotopic (exact) mass is 206 g/mol. The third-order valence-corrected chi connectivity index (χ3v) is 3.11. The molecule has 0 N–H and O–H groups in total. The number of thiophene rings is 1. The predicted octanol–water partition coefficient (Wildman–Crippen LogP) is 2.02. The lowest BCUT2D eigenvalue weighted by Gasteiger charge is -1.99. The van der Waals surface area contributed by atoms with Crippen molar-refractivity contribution in [3.8, 4) is 0 Å². The summed E-state index contributed by atoms with van der Waals surface area (Å²) in [6.07, 6.45) is 3.41. The highest BCUT2D eigenvalue weighted by atomic mass is 32.1. The Balaban J connectivity index is 2.44. The number of aromatic nitrogens is 2. The summed E-state index contributed by atoms with van der Waals surface area (Å²) in [5.74, 6) is 0.501. The molecule has 0 unspecified atom stereocenters. The highest BCUT2D eigenvalue weighted by molar-refractivity contribution is 7.12. The van der Waals surface area contributed by atoms with E-state index in [1.807, 2.05) is 25.4 Å². The van der Waals surface area contributed by atoms with E-state index in [9.17, 15) is 4.79 Å². The summed E-state index contributed by atoms with van der Waals surface area (Å²) < 4.78 is 1.74. The van der Waals surface area contributed by atoms with Crippen LogP contribution < -0.4 is 0 Å². The number of carbonyl (C=O) groups excluding carboxylic acids is 1. The molecule has 2 heterocycles. The number of hydrogen-bond acceptors (Lipinski definition) is 3. The average Bonchev–Trinajstić information content (AvgIpc) is 2.73. The predicted molar refractivity (Wildman–Crippen MR) is 55.7 cm³/mol. The van der Waals surface area contributed by atoms with Gasteiger partial charge in [0.15, 0.2) is 5.82 Å². The van der Waals surface area contributed by atoms with Gasteiger partial charge in [-0.1, -0.05) is 0 Å². The highest BCUT2D eigenvalue weighted by Gasteiger charge is 2.16. The van der Waals surface area contributed by atoms with Crippen LogP contribution in [0.3, 0.4) is 0 Å². The number of imidazole rings is 1. The molecule has 2 aromatic rings. The van der Waals surface area contributed by atoms with Gasteiger partial charge in [-0.25, -0.2) is 4.98 Å². The molecule has 14 heavy (non-hydrogen) atoms. The van der Waals surface area contributed by atoms with Crippen molar-refractivity contribution in [2.45, 2.75) is 6.92 Å². The van der Waals surface area contributed by atoms with Crippen LogP contribution in [0.2, 0.25) is 0 Å². The Bertz CT molecular complexity index is 428. The van der Waals surface area contributed by atoms with Crippen LogP contribution in [0.5, 0.6) is 0 Å². The summed E-state index contributed by atoms with van der Waals surface area (Å²) in [6, 6.07) is 1.95. The maximum absolute atomic E-state index is 11.9. The Labute approximate surface area is 86.0 Å². The van der Waals surface area contributed by atoms with Gasteiger partial charge in [-0.15, -0.1) is 11.3 Å². The Morgan fingerprint density at radius 1 is 1.57 bits per heavy atom. The van der Waals surface area contributed by atoms with Gasteiger partial charge >= 0.3 is 0 Å². The third-order valence-electron chi connectivity index (χ3n) is 2.09. The topological polar surface area (TPSA) is 34.9 Å². The van der Waals surface area contributed by atoms with Gasteiger partial charge in [0.2, 0.25) is 5.78 Å². The van der Waals surface area contributed by atoms with Gasteiger partial charge in [-0.3, -0.25) is 4.79 Å². The summed E-state index contributed by atoms with van der Waals surface area (Å²) in [5.41, 5.74) is 1.02. The third kappa shape index (κ3) is 1.37. The molecular weight excluding hydrogens is 196 g/mol. The molecule has 0 aliphatic carbocycles. The molecule has 2 aromatic heterocycles. The molecule has 72 valence electrons. The van der Waals surface area contributed by atoms with Gasteiger partial charge in [0.1, 0.15) is 0 Å². The second kappa shape index (κ2) is 3.38. The molecule has 4 heteroatoms.